The molecule has 11 heteroatoms. The first-order valence-corrected chi connectivity index (χ1v) is 15.0. The summed E-state index contributed by atoms with van der Waals surface area (Å²) in [4.78, 5) is 43.8. The molecular formula is C31H38N6O5. The van der Waals surface area contributed by atoms with E-state index in [0.717, 1.165) is 23.9 Å². The van der Waals surface area contributed by atoms with Gasteiger partial charge >= 0.3 is 0 Å². The molecule has 0 saturated carbocycles. The first-order chi connectivity index (χ1) is 20.4. The van der Waals surface area contributed by atoms with Crippen LogP contribution >= 0.6 is 0 Å². The van der Waals surface area contributed by atoms with Gasteiger partial charge in [0.05, 0.1) is 23.0 Å². The molecule has 3 saturated heterocycles. The number of aliphatic hydroxyl groups excluding tert-OH is 1. The Bertz CT molecular complexity index is 1460. The van der Waals surface area contributed by atoms with Crippen molar-refractivity contribution < 1.29 is 24.2 Å². The van der Waals surface area contributed by atoms with Gasteiger partial charge in [0.1, 0.15) is 23.8 Å². The summed E-state index contributed by atoms with van der Waals surface area (Å²) in [6, 6.07) is 15.9. The van der Waals surface area contributed by atoms with E-state index in [0.29, 0.717) is 44.3 Å². The van der Waals surface area contributed by atoms with Crippen LogP contribution in [0.5, 0.6) is 0 Å². The molecule has 4 heterocycles. The van der Waals surface area contributed by atoms with Gasteiger partial charge in [-0.05, 0) is 56.4 Å². The Balaban J connectivity index is 1.29. The predicted molar refractivity (Wildman–Crippen MR) is 155 cm³/mol. The third-order valence-corrected chi connectivity index (χ3v) is 9.38. The molecule has 5 atom stereocenters. The van der Waals surface area contributed by atoms with Crippen LogP contribution in [-0.4, -0.2) is 73.1 Å². The number of ether oxygens (including phenoxy) is 1. The van der Waals surface area contributed by atoms with Crippen LogP contribution in [0.4, 0.5) is 5.69 Å². The van der Waals surface area contributed by atoms with E-state index >= 15 is 0 Å². The van der Waals surface area contributed by atoms with Crippen molar-refractivity contribution in [3.05, 3.63) is 54.6 Å². The maximum atomic E-state index is 14.3. The van der Waals surface area contributed by atoms with Crippen LogP contribution in [0.25, 0.3) is 11.0 Å². The highest BCUT2D eigenvalue weighted by molar-refractivity contribution is 6.02. The molecule has 3 N–H and O–H groups in total. The first-order valence-electron chi connectivity index (χ1n) is 15.0. The van der Waals surface area contributed by atoms with Crippen LogP contribution in [0.2, 0.25) is 0 Å². The fourth-order valence-electron chi connectivity index (χ4n) is 7.43. The molecule has 0 radical (unpaired) electrons. The molecule has 0 aliphatic carbocycles. The van der Waals surface area contributed by atoms with Crippen molar-refractivity contribution in [2.24, 2.45) is 11.8 Å². The number of benzene rings is 2. The number of aromatic nitrogens is 3. The summed E-state index contributed by atoms with van der Waals surface area (Å²) in [7, 11) is 0. The maximum absolute atomic E-state index is 14.3. The number of hydrogen-bond acceptors (Lipinski definition) is 7. The van der Waals surface area contributed by atoms with Crippen LogP contribution in [0.15, 0.2) is 54.6 Å². The average molecular weight is 575 g/mol. The highest BCUT2D eigenvalue weighted by Crippen LogP contribution is 2.64. The minimum Gasteiger partial charge on any atom is -0.396 e. The lowest BCUT2D eigenvalue weighted by molar-refractivity contribution is -0.146. The molecule has 2 bridgehead atoms. The van der Waals surface area contributed by atoms with E-state index in [1.54, 1.807) is 9.58 Å². The van der Waals surface area contributed by atoms with Gasteiger partial charge in [-0.15, -0.1) is 5.10 Å². The molecule has 42 heavy (non-hydrogen) atoms. The van der Waals surface area contributed by atoms with E-state index in [2.05, 4.69) is 20.9 Å². The van der Waals surface area contributed by atoms with Gasteiger partial charge in [0.25, 0.3) is 0 Å². The smallest absolute Gasteiger partial charge is 0.247 e. The third-order valence-electron chi connectivity index (χ3n) is 9.38. The quantitative estimate of drug-likeness (QED) is 0.283. The van der Waals surface area contributed by atoms with Crippen molar-refractivity contribution in [1.82, 2.24) is 25.2 Å². The van der Waals surface area contributed by atoms with Crippen LogP contribution in [0, 0.1) is 11.8 Å². The summed E-state index contributed by atoms with van der Waals surface area (Å²) in [6.07, 6.45) is 4.72. The second-order valence-electron chi connectivity index (χ2n) is 11.6. The van der Waals surface area contributed by atoms with Gasteiger partial charge in [-0.3, -0.25) is 14.4 Å². The van der Waals surface area contributed by atoms with Crippen molar-refractivity contribution >= 4 is 34.4 Å². The molecule has 6 rings (SSSR count). The Morgan fingerprint density at radius 2 is 1.79 bits per heavy atom. The number of hydrogen-bond donors (Lipinski definition) is 3. The van der Waals surface area contributed by atoms with Gasteiger partial charge in [-0.2, -0.15) is 0 Å². The summed E-state index contributed by atoms with van der Waals surface area (Å²) < 4.78 is 8.45. The molecule has 3 aliphatic heterocycles. The SMILES string of the molecule is CC[C@@]12CCC3(O1)C(C(=O)NCn1nnc4ccccc41)N(CCCCCCO)C(=O)[C@@H]3[C@@H]2C(=O)Nc1ccccc1. The number of aliphatic hydroxyl groups is 1. The number of carbonyl (C=O) groups is 3. The zero-order valence-corrected chi connectivity index (χ0v) is 23.9. The van der Waals surface area contributed by atoms with Gasteiger partial charge in [0.2, 0.25) is 17.7 Å². The molecule has 2 unspecified atom stereocenters. The van der Waals surface area contributed by atoms with Crippen LogP contribution in [0.1, 0.15) is 51.9 Å². The Kier molecular flexibility index (Phi) is 7.71. The number of carbonyl (C=O) groups excluding carboxylic acids is 3. The lowest BCUT2D eigenvalue weighted by Crippen LogP contribution is -2.55. The summed E-state index contributed by atoms with van der Waals surface area (Å²) in [6.45, 7) is 2.58. The zero-order chi connectivity index (χ0) is 29.3. The molecule has 1 spiro atoms. The molecule has 3 aromatic rings. The van der Waals surface area contributed by atoms with Gasteiger partial charge in [-0.1, -0.05) is 55.3 Å². The highest BCUT2D eigenvalue weighted by atomic mass is 16.5. The van der Waals surface area contributed by atoms with Gasteiger partial charge in [-0.25, -0.2) is 4.68 Å². The fourth-order valence-corrected chi connectivity index (χ4v) is 7.43. The number of likely N-dealkylation sites (tertiary alicyclic amines) is 1. The molecular weight excluding hydrogens is 536 g/mol. The Labute approximate surface area is 244 Å². The van der Waals surface area contributed by atoms with Crippen molar-refractivity contribution in [2.45, 2.75) is 75.8 Å². The maximum Gasteiger partial charge on any atom is 0.247 e. The van der Waals surface area contributed by atoms with Crippen LogP contribution < -0.4 is 10.6 Å². The number of anilines is 1. The molecule has 3 fully saturated rings. The van der Waals surface area contributed by atoms with Crippen LogP contribution in [-0.2, 0) is 25.8 Å². The number of para-hydroxylation sites is 2. The summed E-state index contributed by atoms with van der Waals surface area (Å²) in [5.74, 6) is -2.24. The first kappa shape index (κ1) is 28.3. The average Bonchev–Trinajstić information content (AvgIpc) is 3.73. The summed E-state index contributed by atoms with van der Waals surface area (Å²) in [5.41, 5.74) is 0.267. The lowest BCUT2D eigenvalue weighted by Gasteiger charge is -2.34. The fraction of sp³-hybridized carbons (Fsp3) is 0.516. The molecule has 222 valence electrons. The van der Waals surface area contributed by atoms with Crippen LogP contribution in [0.3, 0.4) is 0 Å². The number of amides is 3. The van der Waals surface area contributed by atoms with Crippen molar-refractivity contribution in [3.8, 4) is 0 Å². The number of nitrogens with one attached hydrogen (secondary N) is 2. The number of nitrogens with zero attached hydrogens (tertiary/aromatic N) is 4. The van der Waals surface area contributed by atoms with E-state index in [4.69, 9.17) is 9.84 Å². The van der Waals surface area contributed by atoms with Crippen molar-refractivity contribution in [1.29, 1.82) is 0 Å². The van der Waals surface area contributed by atoms with E-state index in [1.807, 2.05) is 61.5 Å². The lowest BCUT2D eigenvalue weighted by atomic mass is 9.65. The molecule has 3 aliphatic rings. The van der Waals surface area contributed by atoms with E-state index in [9.17, 15) is 14.4 Å². The molecule has 3 amide bonds. The Hall–Kier alpha value is -3.83. The van der Waals surface area contributed by atoms with Gasteiger partial charge in [0, 0.05) is 18.8 Å². The van der Waals surface area contributed by atoms with Crippen molar-refractivity contribution in [2.75, 3.05) is 18.5 Å². The number of fused-ring (bicyclic) bond motifs is 2. The van der Waals surface area contributed by atoms with E-state index in [1.165, 1.54) is 0 Å². The second kappa shape index (κ2) is 11.4. The number of unbranched alkanes of at least 4 members (excludes halogenated alkanes) is 3. The molecule has 11 nitrogen and oxygen atoms in total. The van der Waals surface area contributed by atoms with E-state index < -0.39 is 29.1 Å². The second-order valence-corrected chi connectivity index (χ2v) is 11.6. The highest BCUT2D eigenvalue weighted by Gasteiger charge is 2.78. The third kappa shape index (κ3) is 4.64. The standard InChI is InChI=1S/C31H38N6O5/c1-2-30-16-17-31(42-30)25(24(30)27(39)33-21-12-6-5-7-13-21)29(41)36(18-10-3-4-11-19-38)26(31)28(40)32-20-37-23-15-9-8-14-22(23)34-35-37/h5-9,12-15,24-26,38H,2-4,10-11,16-20H2,1H3,(H,32,40)(H,33,39)/t24-,25+,26?,30+,31?/m1/s1. The minimum atomic E-state index is -1.09. The topological polar surface area (TPSA) is 139 Å². The molecule has 1 aromatic heterocycles. The monoisotopic (exact) mass is 574 g/mol. The summed E-state index contributed by atoms with van der Waals surface area (Å²) in [5, 5.41) is 23.5. The zero-order valence-electron chi connectivity index (χ0n) is 23.9. The predicted octanol–water partition coefficient (Wildman–Crippen LogP) is 2.85. The van der Waals surface area contributed by atoms with E-state index in [-0.39, 0.29) is 31.0 Å². The minimum absolute atomic E-state index is 0.0893. The van der Waals surface area contributed by atoms with Gasteiger partial charge < -0.3 is 25.4 Å². The normalized spacial score (nSPS) is 27.9. The Morgan fingerprint density at radius 1 is 1.02 bits per heavy atom. The van der Waals surface area contributed by atoms with Gasteiger partial charge in [0.15, 0.2) is 0 Å². The number of rotatable bonds is 12. The van der Waals surface area contributed by atoms with Crippen molar-refractivity contribution in [3.63, 3.8) is 0 Å². The summed E-state index contributed by atoms with van der Waals surface area (Å²) >= 11 is 0. The molecule has 2 aromatic carbocycles. The Morgan fingerprint density at radius 3 is 2.57 bits per heavy atom. The largest absolute Gasteiger partial charge is 0.396 e.